The Hall–Kier alpha value is -1.40. The van der Waals surface area contributed by atoms with Crippen molar-refractivity contribution in [1.82, 2.24) is 14.8 Å². The van der Waals surface area contributed by atoms with Gasteiger partial charge < -0.3 is 0 Å². The molecule has 0 spiro atoms. The van der Waals surface area contributed by atoms with Gasteiger partial charge in [-0.2, -0.15) is 5.10 Å². The van der Waals surface area contributed by atoms with Crippen LogP contribution >= 0.6 is 10.7 Å². The molecule has 2 aromatic rings. The van der Waals surface area contributed by atoms with E-state index in [0.717, 1.165) is 5.69 Å². The first kappa shape index (κ1) is 14.0. The Morgan fingerprint density at radius 2 is 1.84 bits per heavy atom. The maximum absolute atomic E-state index is 11.7. The summed E-state index contributed by atoms with van der Waals surface area (Å²) in [6.45, 7) is 3.73. The quantitative estimate of drug-likeness (QED) is 0.813. The van der Waals surface area contributed by atoms with Gasteiger partial charge in [0.15, 0.2) is 0 Å². The molecule has 0 aliphatic heterocycles. The highest BCUT2D eigenvalue weighted by atomic mass is 35.7. The van der Waals surface area contributed by atoms with Crippen molar-refractivity contribution in [2.24, 2.45) is 0 Å². The van der Waals surface area contributed by atoms with Gasteiger partial charge in [-0.25, -0.2) is 13.1 Å². The van der Waals surface area contributed by atoms with Crippen LogP contribution in [0.15, 0.2) is 29.4 Å². The molecular weight excluding hydrogens is 286 g/mol. The standard InChI is InChI=1S/C12H14ClN3O2S/c1-3-10-12(19(13,17)18)11(4-2)16(15-10)9-5-7-14-8-6-9/h5-8H,3-4H2,1-2H3. The summed E-state index contributed by atoms with van der Waals surface area (Å²) in [7, 11) is 1.73. The number of rotatable bonds is 4. The Morgan fingerprint density at radius 3 is 2.32 bits per heavy atom. The second kappa shape index (κ2) is 5.30. The van der Waals surface area contributed by atoms with Gasteiger partial charge in [-0.3, -0.25) is 4.98 Å². The number of halogens is 1. The van der Waals surface area contributed by atoms with Crippen molar-refractivity contribution in [2.45, 2.75) is 31.6 Å². The predicted molar refractivity (Wildman–Crippen MR) is 73.2 cm³/mol. The minimum Gasteiger partial charge on any atom is -0.265 e. The second-order valence-electron chi connectivity index (χ2n) is 3.98. The molecule has 7 heteroatoms. The number of nitrogens with zero attached hydrogens (tertiary/aromatic N) is 3. The minimum atomic E-state index is -3.80. The zero-order valence-electron chi connectivity index (χ0n) is 10.7. The first-order chi connectivity index (χ1) is 8.99. The lowest BCUT2D eigenvalue weighted by molar-refractivity contribution is 0.607. The lowest BCUT2D eigenvalue weighted by Crippen LogP contribution is -2.03. The summed E-state index contributed by atoms with van der Waals surface area (Å²) in [6, 6.07) is 3.55. The van der Waals surface area contributed by atoms with E-state index in [4.69, 9.17) is 10.7 Å². The molecule has 0 saturated carbocycles. The Morgan fingerprint density at radius 1 is 1.21 bits per heavy atom. The Labute approximate surface area is 116 Å². The second-order valence-corrected chi connectivity index (χ2v) is 6.49. The smallest absolute Gasteiger partial charge is 0.265 e. The molecule has 0 N–H and O–H groups in total. The summed E-state index contributed by atoms with van der Waals surface area (Å²) in [5.41, 5.74) is 1.86. The first-order valence-electron chi connectivity index (χ1n) is 5.94. The molecule has 0 saturated heterocycles. The number of pyridine rings is 1. The summed E-state index contributed by atoms with van der Waals surface area (Å²) < 4.78 is 25.1. The first-order valence-corrected chi connectivity index (χ1v) is 8.25. The van der Waals surface area contributed by atoms with Gasteiger partial charge in [0, 0.05) is 23.1 Å². The maximum atomic E-state index is 11.7. The largest absolute Gasteiger partial charge is 0.265 e. The maximum Gasteiger partial charge on any atom is 0.265 e. The fraction of sp³-hybridized carbons (Fsp3) is 0.333. The fourth-order valence-electron chi connectivity index (χ4n) is 2.01. The van der Waals surface area contributed by atoms with Gasteiger partial charge in [-0.15, -0.1) is 0 Å². The van der Waals surface area contributed by atoms with Gasteiger partial charge in [0.2, 0.25) is 0 Å². The lowest BCUT2D eigenvalue weighted by atomic mass is 10.2. The molecule has 2 rings (SSSR count). The zero-order valence-corrected chi connectivity index (χ0v) is 12.2. The van der Waals surface area contributed by atoms with Crippen molar-refractivity contribution in [1.29, 1.82) is 0 Å². The highest BCUT2D eigenvalue weighted by molar-refractivity contribution is 8.13. The number of hydrogen-bond donors (Lipinski definition) is 0. The molecule has 2 heterocycles. The van der Waals surface area contributed by atoms with Crippen molar-refractivity contribution < 1.29 is 8.42 Å². The van der Waals surface area contributed by atoms with Gasteiger partial charge in [-0.05, 0) is 25.0 Å². The minimum absolute atomic E-state index is 0.135. The van der Waals surface area contributed by atoms with Gasteiger partial charge in [0.1, 0.15) is 4.90 Å². The molecule has 5 nitrogen and oxygen atoms in total. The van der Waals surface area contributed by atoms with Gasteiger partial charge in [0.25, 0.3) is 9.05 Å². The van der Waals surface area contributed by atoms with Crippen LogP contribution in [0.1, 0.15) is 25.2 Å². The lowest BCUT2D eigenvalue weighted by Gasteiger charge is -2.05. The predicted octanol–water partition coefficient (Wildman–Crippen LogP) is 2.32. The molecule has 0 atom stereocenters. The third kappa shape index (κ3) is 2.64. The molecule has 0 bridgehead atoms. The van der Waals surface area contributed by atoms with Crippen LogP contribution in [-0.2, 0) is 21.9 Å². The van der Waals surface area contributed by atoms with Crippen LogP contribution in [0, 0.1) is 0 Å². The molecule has 19 heavy (non-hydrogen) atoms. The molecule has 0 aliphatic carbocycles. The average Bonchev–Trinajstić information content (AvgIpc) is 2.78. The van der Waals surface area contributed by atoms with E-state index in [0.29, 0.717) is 24.2 Å². The van der Waals surface area contributed by atoms with Gasteiger partial charge in [-0.1, -0.05) is 13.8 Å². The monoisotopic (exact) mass is 299 g/mol. The Balaban J connectivity index is 2.75. The number of aromatic nitrogens is 3. The van der Waals surface area contributed by atoms with E-state index in [1.165, 1.54) is 0 Å². The summed E-state index contributed by atoms with van der Waals surface area (Å²) in [5, 5.41) is 4.36. The van der Waals surface area contributed by atoms with Crippen molar-refractivity contribution in [3.05, 3.63) is 35.9 Å². The summed E-state index contributed by atoms with van der Waals surface area (Å²) in [6.07, 6.45) is 4.30. The van der Waals surface area contributed by atoms with E-state index in [1.54, 1.807) is 29.2 Å². The fourth-order valence-corrected chi connectivity index (χ4v) is 3.52. The van der Waals surface area contributed by atoms with E-state index in [-0.39, 0.29) is 4.90 Å². The van der Waals surface area contributed by atoms with Crippen molar-refractivity contribution in [2.75, 3.05) is 0 Å². The molecule has 2 aromatic heterocycles. The molecule has 0 unspecified atom stereocenters. The normalized spacial score (nSPS) is 11.7. The highest BCUT2D eigenvalue weighted by Crippen LogP contribution is 2.27. The van der Waals surface area contributed by atoms with Crippen LogP contribution in [0.2, 0.25) is 0 Å². The molecule has 0 radical (unpaired) electrons. The van der Waals surface area contributed by atoms with Gasteiger partial charge in [0.05, 0.1) is 17.1 Å². The summed E-state index contributed by atoms with van der Waals surface area (Å²) in [5.74, 6) is 0. The van der Waals surface area contributed by atoms with E-state index < -0.39 is 9.05 Å². The summed E-state index contributed by atoms with van der Waals surface area (Å²) in [4.78, 5) is 4.07. The topological polar surface area (TPSA) is 64.8 Å². The van der Waals surface area contributed by atoms with Crippen LogP contribution in [-0.4, -0.2) is 23.2 Å². The zero-order chi connectivity index (χ0) is 14.0. The molecule has 0 fully saturated rings. The van der Waals surface area contributed by atoms with E-state index in [2.05, 4.69) is 10.1 Å². The SMILES string of the molecule is CCc1nn(-c2ccncc2)c(CC)c1S(=O)(=O)Cl. The van der Waals surface area contributed by atoms with Crippen LogP contribution < -0.4 is 0 Å². The number of aryl methyl sites for hydroxylation is 1. The Bertz CT molecular complexity index is 681. The van der Waals surface area contributed by atoms with Crippen LogP contribution in [0.3, 0.4) is 0 Å². The van der Waals surface area contributed by atoms with Crippen molar-refractivity contribution >= 4 is 19.7 Å². The number of hydrogen-bond acceptors (Lipinski definition) is 4. The van der Waals surface area contributed by atoms with Crippen LogP contribution in [0.4, 0.5) is 0 Å². The molecule has 102 valence electrons. The molecule has 0 aromatic carbocycles. The van der Waals surface area contributed by atoms with Crippen molar-refractivity contribution in [3.8, 4) is 5.69 Å². The third-order valence-corrected chi connectivity index (χ3v) is 4.24. The molecule has 0 amide bonds. The Kier molecular flexibility index (Phi) is 3.91. The van der Waals surface area contributed by atoms with Crippen molar-refractivity contribution in [3.63, 3.8) is 0 Å². The van der Waals surface area contributed by atoms with Gasteiger partial charge >= 0.3 is 0 Å². The summed E-state index contributed by atoms with van der Waals surface area (Å²) >= 11 is 0. The van der Waals surface area contributed by atoms with E-state index >= 15 is 0 Å². The molecule has 0 aliphatic rings. The van der Waals surface area contributed by atoms with E-state index in [1.807, 2.05) is 13.8 Å². The third-order valence-electron chi connectivity index (χ3n) is 2.82. The average molecular weight is 300 g/mol. The van der Waals surface area contributed by atoms with Crippen LogP contribution in [0.25, 0.3) is 5.69 Å². The van der Waals surface area contributed by atoms with Crippen LogP contribution in [0.5, 0.6) is 0 Å². The molecular formula is C12H14ClN3O2S. The highest BCUT2D eigenvalue weighted by Gasteiger charge is 2.25. The van der Waals surface area contributed by atoms with E-state index in [9.17, 15) is 8.42 Å².